The molecule has 0 aliphatic rings. The van der Waals surface area contributed by atoms with Gasteiger partial charge in [0.05, 0.1) is 6.04 Å². The summed E-state index contributed by atoms with van der Waals surface area (Å²) in [6.45, 7) is 6.89. The van der Waals surface area contributed by atoms with Gasteiger partial charge in [-0.1, -0.05) is 43.6 Å². The molecule has 1 rings (SSSR count). The fraction of sp³-hybridized carbons (Fsp3) is 0.562. The van der Waals surface area contributed by atoms with Crippen molar-refractivity contribution >= 4 is 17.5 Å². The lowest BCUT2D eigenvalue weighted by molar-refractivity contribution is -0.122. The molecule has 1 aromatic carbocycles. The SMILES string of the molecule is C[C@@H](NC(=O)CCC(C)(C)CCN)c1ccccc1Cl. The fourth-order valence-corrected chi connectivity index (χ4v) is 2.48. The highest BCUT2D eigenvalue weighted by molar-refractivity contribution is 6.31. The first-order valence-electron chi connectivity index (χ1n) is 7.09. The summed E-state index contributed by atoms with van der Waals surface area (Å²) >= 11 is 6.13. The zero-order valence-electron chi connectivity index (χ0n) is 12.6. The number of rotatable bonds is 7. The molecule has 0 aromatic heterocycles. The molecule has 1 amide bonds. The van der Waals surface area contributed by atoms with Gasteiger partial charge in [-0.2, -0.15) is 0 Å². The highest BCUT2D eigenvalue weighted by atomic mass is 35.5. The van der Waals surface area contributed by atoms with E-state index in [0.717, 1.165) is 18.4 Å². The van der Waals surface area contributed by atoms with E-state index in [1.165, 1.54) is 0 Å². The molecule has 0 fully saturated rings. The van der Waals surface area contributed by atoms with Crippen LogP contribution in [-0.2, 0) is 4.79 Å². The van der Waals surface area contributed by atoms with E-state index < -0.39 is 0 Å². The zero-order chi connectivity index (χ0) is 15.2. The molecule has 0 heterocycles. The maximum atomic E-state index is 12.0. The van der Waals surface area contributed by atoms with Crippen LogP contribution in [0.4, 0.5) is 0 Å². The number of nitrogens with one attached hydrogen (secondary N) is 1. The van der Waals surface area contributed by atoms with Crippen molar-refractivity contribution < 1.29 is 4.79 Å². The van der Waals surface area contributed by atoms with Gasteiger partial charge in [0, 0.05) is 11.4 Å². The van der Waals surface area contributed by atoms with Crippen molar-refractivity contribution in [1.82, 2.24) is 5.32 Å². The molecule has 0 radical (unpaired) electrons. The van der Waals surface area contributed by atoms with E-state index in [-0.39, 0.29) is 17.4 Å². The lowest BCUT2D eigenvalue weighted by Crippen LogP contribution is -2.28. The molecule has 4 heteroatoms. The van der Waals surface area contributed by atoms with Crippen LogP contribution < -0.4 is 11.1 Å². The van der Waals surface area contributed by atoms with Crippen molar-refractivity contribution in [2.45, 2.75) is 46.1 Å². The van der Waals surface area contributed by atoms with Crippen molar-refractivity contribution in [2.24, 2.45) is 11.1 Å². The lowest BCUT2D eigenvalue weighted by Gasteiger charge is -2.24. The van der Waals surface area contributed by atoms with E-state index in [2.05, 4.69) is 19.2 Å². The van der Waals surface area contributed by atoms with Gasteiger partial charge in [0.25, 0.3) is 0 Å². The maximum absolute atomic E-state index is 12.0. The summed E-state index contributed by atoms with van der Waals surface area (Å²) in [5.74, 6) is 0.0579. The number of benzene rings is 1. The van der Waals surface area contributed by atoms with Crippen LogP contribution in [0.25, 0.3) is 0 Å². The fourth-order valence-electron chi connectivity index (χ4n) is 2.19. The summed E-state index contributed by atoms with van der Waals surface area (Å²) in [4.78, 5) is 12.0. The number of nitrogens with two attached hydrogens (primary N) is 1. The molecule has 112 valence electrons. The Balaban J connectivity index is 2.49. The Kier molecular flexibility index (Phi) is 6.50. The molecule has 3 N–H and O–H groups in total. The molecule has 0 saturated heterocycles. The van der Waals surface area contributed by atoms with Gasteiger partial charge in [0.1, 0.15) is 0 Å². The first-order valence-corrected chi connectivity index (χ1v) is 7.47. The lowest BCUT2D eigenvalue weighted by atomic mass is 9.84. The molecule has 0 aliphatic carbocycles. The average molecular weight is 297 g/mol. The number of hydrogen-bond acceptors (Lipinski definition) is 2. The quantitative estimate of drug-likeness (QED) is 0.806. The molecule has 0 aliphatic heterocycles. The van der Waals surface area contributed by atoms with E-state index in [1.807, 2.05) is 31.2 Å². The molecule has 0 bridgehead atoms. The second kappa shape index (κ2) is 7.65. The van der Waals surface area contributed by atoms with Crippen LogP contribution in [0, 0.1) is 5.41 Å². The highest BCUT2D eigenvalue weighted by Gasteiger charge is 2.19. The molecule has 3 nitrogen and oxygen atoms in total. The Hall–Kier alpha value is -1.06. The standard InChI is InChI=1S/C16H25ClN2O/c1-12(13-6-4-5-7-14(13)17)19-15(20)8-9-16(2,3)10-11-18/h4-7,12H,8-11,18H2,1-3H3,(H,19,20)/t12-/m1/s1. The second-order valence-electron chi connectivity index (χ2n) is 6.01. The van der Waals surface area contributed by atoms with Gasteiger partial charge in [-0.25, -0.2) is 0 Å². The van der Waals surface area contributed by atoms with E-state index >= 15 is 0 Å². The summed E-state index contributed by atoms with van der Waals surface area (Å²) in [7, 11) is 0. The van der Waals surface area contributed by atoms with Gasteiger partial charge >= 0.3 is 0 Å². The first kappa shape index (κ1) is 17.0. The summed E-state index contributed by atoms with van der Waals surface area (Å²) in [5.41, 5.74) is 6.64. The van der Waals surface area contributed by atoms with Crippen LogP contribution in [-0.4, -0.2) is 12.5 Å². The molecule has 1 atom stereocenters. The summed E-state index contributed by atoms with van der Waals surface area (Å²) < 4.78 is 0. The van der Waals surface area contributed by atoms with Crippen molar-refractivity contribution in [3.63, 3.8) is 0 Å². The van der Waals surface area contributed by atoms with Gasteiger partial charge in [0.15, 0.2) is 0 Å². The van der Waals surface area contributed by atoms with Crippen LogP contribution in [0.1, 0.15) is 51.6 Å². The van der Waals surface area contributed by atoms with Crippen molar-refractivity contribution in [2.75, 3.05) is 6.54 Å². The van der Waals surface area contributed by atoms with Gasteiger partial charge in [-0.05, 0) is 43.4 Å². The van der Waals surface area contributed by atoms with Gasteiger partial charge in [-0.15, -0.1) is 0 Å². The number of amides is 1. The summed E-state index contributed by atoms with van der Waals surface area (Å²) in [5, 5.41) is 3.68. The van der Waals surface area contributed by atoms with Gasteiger partial charge in [0.2, 0.25) is 5.91 Å². The predicted octanol–water partition coefficient (Wildman–Crippen LogP) is 3.67. The van der Waals surface area contributed by atoms with Crippen molar-refractivity contribution in [1.29, 1.82) is 0 Å². The Bertz CT molecular complexity index is 446. The number of halogens is 1. The Morgan fingerprint density at radius 1 is 1.35 bits per heavy atom. The topological polar surface area (TPSA) is 55.1 Å². The van der Waals surface area contributed by atoms with Crippen molar-refractivity contribution in [3.8, 4) is 0 Å². The summed E-state index contributed by atoms with van der Waals surface area (Å²) in [6.07, 6.45) is 2.29. The van der Waals surface area contributed by atoms with E-state index in [0.29, 0.717) is 18.0 Å². The van der Waals surface area contributed by atoms with Crippen molar-refractivity contribution in [3.05, 3.63) is 34.9 Å². The molecular weight excluding hydrogens is 272 g/mol. The third-order valence-corrected chi connectivity index (χ3v) is 3.94. The van der Waals surface area contributed by atoms with E-state index in [9.17, 15) is 4.79 Å². The normalized spacial score (nSPS) is 13.1. The van der Waals surface area contributed by atoms with Crippen LogP contribution in [0.5, 0.6) is 0 Å². The van der Waals surface area contributed by atoms with Gasteiger partial charge < -0.3 is 11.1 Å². The number of carbonyl (C=O) groups excluding carboxylic acids is 1. The Labute approximate surface area is 126 Å². The minimum Gasteiger partial charge on any atom is -0.350 e. The average Bonchev–Trinajstić information content (AvgIpc) is 2.37. The maximum Gasteiger partial charge on any atom is 0.220 e. The van der Waals surface area contributed by atoms with E-state index in [1.54, 1.807) is 0 Å². The highest BCUT2D eigenvalue weighted by Crippen LogP contribution is 2.26. The minimum absolute atomic E-state index is 0.0579. The molecule has 0 saturated carbocycles. The largest absolute Gasteiger partial charge is 0.350 e. The third kappa shape index (κ3) is 5.51. The molecule has 1 aromatic rings. The monoisotopic (exact) mass is 296 g/mol. The molecule has 0 unspecified atom stereocenters. The first-order chi connectivity index (χ1) is 9.35. The molecular formula is C16H25ClN2O. The number of hydrogen-bond donors (Lipinski definition) is 2. The van der Waals surface area contributed by atoms with Gasteiger partial charge in [-0.3, -0.25) is 4.79 Å². The molecule has 0 spiro atoms. The van der Waals surface area contributed by atoms with E-state index in [4.69, 9.17) is 17.3 Å². The van der Waals surface area contributed by atoms with Crippen LogP contribution in [0.2, 0.25) is 5.02 Å². The predicted molar refractivity (Wildman–Crippen MR) is 84.7 cm³/mol. The minimum atomic E-state index is -0.0752. The second-order valence-corrected chi connectivity index (χ2v) is 6.42. The van der Waals surface area contributed by atoms with Crippen LogP contribution >= 0.6 is 11.6 Å². The zero-order valence-corrected chi connectivity index (χ0v) is 13.3. The van der Waals surface area contributed by atoms with Crippen LogP contribution in [0.3, 0.4) is 0 Å². The number of carbonyl (C=O) groups is 1. The summed E-state index contributed by atoms with van der Waals surface area (Å²) in [6, 6.07) is 7.51. The van der Waals surface area contributed by atoms with Crippen LogP contribution in [0.15, 0.2) is 24.3 Å². The Morgan fingerprint density at radius 3 is 2.60 bits per heavy atom. The molecule has 20 heavy (non-hydrogen) atoms. The third-order valence-electron chi connectivity index (χ3n) is 3.60. The smallest absolute Gasteiger partial charge is 0.220 e. The Morgan fingerprint density at radius 2 is 2.00 bits per heavy atom.